The first-order chi connectivity index (χ1) is 14.3. The summed E-state index contributed by atoms with van der Waals surface area (Å²) in [6.45, 7) is 0. The number of amides is 1. The summed E-state index contributed by atoms with van der Waals surface area (Å²) in [5.41, 5.74) is 5.03. The Hall–Kier alpha value is -4.53. The SMILES string of the molecule is NC(=O)c1cccnc1.O=c1c(O)c(-c2ccc(O)c(O)c2)oc2cc(O)ccc12. The number of nitrogens with two attached hydrogens (primary N) is 1. The molecule has 2 heterocycles. The van der Waals surface area contributed by atoms with Crippen LogP contribution >= 0.6 is 0 Å². The summed E-state index contributed by atoms with van der Waals surface area (Å²) in [4.78, 5) is 26.2. The molecule has 0 aliphatic heterocycles. The van der Waals surface area contributed by atoms with Gasteiger partial charge in [0.05, 0.1) is 10.9 Å². The highest BCUT2D eigenvalue weighted by atomic mass is 16.4. The lowest BCUT2D eigenvalue weighted by atomic mass is 10.1. The van der Waals surface area contributed by atoms with Crippen molar-refractivity contribution in [3.8, 4) is 34.3 Å². The quantitative estimate of drug-likeness (QED) is 0.315. The number of nitrogens with zero attached hydrogens (tertiary/aromatic N) is 1. The molecule has 0 unspecified atom stereocenters. The first kappa shape index (κ1) is 20.2. The van der Waals surface area contributed by atoms with Gasteiger partial charge in [0, 0.05) is 24.0 Å². The Morgan fingerprint density at radius 2 is 1.73 bits per heavy atom. The van der Waals surface area contributed by atoms with Crippen LogP contribution in [0.4, 0.5) is 0 Å². The summed E-state index contributed by atoms with van der Waals surface area (Å²) in [6.07, 6.45) is 3.02. The van der Waals surface area contributed by atoms with Gasteiger partial charge in [0.25, 0.3) is 0 Å². The average Bonchev–Trinajstić information content (AvgIpc) is 2.73. The number of hydrogen-bond acceptors (Lipinski definition) is 8. The average molecular weight is 408 g/mol. The third-order valence-electron chi connectivity index (χ3n) is 4.04. The van der Waals surface area contributed by atoms with Crippen molar-refractivity contribution in [2.45, 2.75) is 0 Å². The molecule has 9 heteroatoms. The molecule has 0 saturated carbocycles. The number of fused-ring (bicyclic) bond motifs is 1. The summed E-state index contributed by atoms with van der Waals surface area (Å²) in [5, 5.41) is 38.3. The van der Waals surface area contributed by atoms with Gasteiger partial charge in [-0.25, -0.2) is 0 Å². The largest absolute Gasteiger partial charge is 0.508 e. The molecule has 0 aliphatic rings. The van der Waals surface area contributed by atoms with Gasteiger partial charge < -0.3 is 30.6 Å². The molecular weight excluding hydrogens is 392 g/mol. The second kappa shape index (κ2) is 8.23. The minimum Gasteiger partial charge on any atom is -0.508 e. The van der Waals surface area contributed by atoms with Crippen LogP contribution in [-0.4, -0.2) is 31.3 Å². The number of pyridine rings is 1. The lowest BCUT2D eigenvalue weighted by Gasteiger charge is -2.07. The van der Waals surface area contributed by atoms with E-state index in [0.717, 1.165) is 6.07 Å². The maximum atomic E-state index is 12.1. The second-order valence-corrected chi connectivity index (χ2v) is 6.10. The van der Waals surface area contributed by atoms with Crippen LogP contribution < -0.4 is 11.2 Å². The Morgan fingerprint density at radius 1 is 0.967 bits per heavy atom. The minimum atomic E-state index is -0.654. The summed E-state index contributed by atoms with van der Waals surface area (Å²) in [6, 6.07) is 10.9. The van der Waals surface area contributed by atoms with Gasteiger partial charge in [0.1, 0.15) is 11.3 Å². The number of phenolic OH excluding ortho intramolecular Hbond substituents is 3. The molecule has 0 aliphatic carbocycles. The first-order valence-corrected chi connectivity index (χ1v) is 8.49. The van der Waals surface area contributed by atoms with Gasteiger partial charge in [-0.1, -0.05) is 0 Å². The summed E-state index contributed by atoms with van der Waals surface area (Å²) in [5.74, 6) is -2.05. The Kier molecular flexibility index (Phi) is 5.54. The van der Waals surface area contributed by atoms with E-state index in [1.807, 2.05) is 0 Å². The van der Waals surface area contributed by atoms with Crippen molar-refractivity contribution in [1.29, 1.82) is 0 Å². The molecular formula is C21H16N2O7. The van der Waals surface area contributed by atoms with Crippen LogP contribution in [0.25, 0.3) is 22.3 Å². The molecule has 0 saturated heterocycles. The fourth-order valence-electron chi connectivity index (χ4n) is 2.54. The second-order valence-electron chi connectivity index (χ2n) is 6.10. The van der Waals surface area contributed by atoms with Crippen LogP contribution in [0, 0.1) is 0 Å². The van der Waals surface area contributed by atoms with Gasteiger partial charge in [-0.2, -0.15) is 0 Å². The lowest BCUT2D eigenvalue weighted by Crippen LogP contribution is -2.10. The molecule has 0 radical (unpaired) electrons. The molecule has 0 bridgehead atoms. The summed E-state index contributed by atoms with van der Waals surface area (Å²) < 4.78 is 5.43. The monoisotopic (exact) mass is 408 g/mol. The summed E-state index contributed by atoms with van der Waals surface area (Å²) in [7, 11) is 0. The molecule has 4 rings (SSSR count). The van der Waals surface area contributed by atoms with Crippen molar-refractivity contribution < 1.29 is 29.6 Å². The predicted molar refractivity (Wildman–Crippen MR) is 107 cm³/mol. The Labute approximate surface area is 168 Å². The van der Waals surface area contributed by atoms with Gasteiger partial charge in [0.15, 0.2) is 17.3 Å². The number of rotatable bonds is 2. The third kappa shape index (κ3) is 4.14. The number of benzene rings is 2. The van der Waals surface area contributed by atoms with Crippen molar-refractivity contribution in [2.24, 2.45) is 5.73 Å². The molecule has 0 atom stereocenters. The smallest absolute Gasteiger partial charge is 0.250 e. The fraction of sp³-hybridized carbons (Fsp3) is 0. The molecule has 0 spiro atoms. The zero-order valence-corrected chi connectivity index (χ0v) is 15.3. The van der Waals surface area contributed by atoms with Crippen LogP contribution in [0.15, 0.2) is 70.1 Å². The maximum absolute atomic E-state index is 12.1. The number of phenols is 3. The van der Waals surface area contributed by atoms with Crippen molar-refractivity contribution in [2.75, 3.05) is 0 Å². The molecule has 30 heavy (non-hydrogen) atoms. The molecule has 152 valence electrons. The van der Waals surface area contributed by atoms with E-state index in [2.05, 4.69) is 4.98 Å². The van der Waals surface area contributed by atoms with Crippen molar-refractivity contribution >= 4 is 16.9 Å². The van der Waals surface area contributed by atoms with E-state index in [4.69, 9.17) is 10.2 Å². The first-order valence-electron chi connectivity index (χ1n) is 8.49. The molecule has 2 aromatic carbocycles. The van der Waals surface area contributed by atoms with Crippen LogP contribution in [0.3, 0.4) is 0 Å². The molecule has 2 aromatic heterocycles. The number of aromatic nitrogens is 1. The molecule has 6 N–H and O–H groups in total. The van der Waals surface area contributed by atoms with E-state index in [9.17, 15) is 30.0 Å². The number of carbonyl (C=O) groups excluding carboxylic acids is 1. The maximum Gasteiger partial charge on any atom is 0.250 e. The lowest BCUT2D eigenvalue weighted by molar-refractivity contribution is 0.1000. The van der Waals surface area contributed by atoms with E-state index in [1.165, 1.54) is 36.5 Å². The number of primary amides is 1. The molecule has 1 amide bonds. The van der Waals surface area contributed by atoms with Crippen molar-refractivity contribution in [1.82, 2.24) is 4.98 Å². The highest BCUT2D eigenvalue weighted by Crippen LogP contribution is 2.35. The van der Waals surface area contributed by atoms with E-state index in [-0.39, 0.29) is 33.8 Å². The fourth-order valence-corrected chi connectivity index (χ4v) is 2.54. The summed E-state index contributed by atoms with van der Waals surface area (Å²) >= 11 is 0. The van der Waals surface area contributed by atoms with Crippen LogP contribution in [0.5, 0.6) is 23.0 Å². The number of hydrogen-bond donors (Lipinski definition) is 5. The molecule has 0 fully saturated rings. The Morgan fingerprint density at radius 3 is 2.33 bits per heavy atom. The van der Waals surface area contributed by atoms with Gasteiger partial charge in [-0.05, 0) is 42.5 Å². The zero-order valence-electron chi connectivity index (χ0n) is 15.3. The predicted octanol–water partition coefficient (Wildman–Crippen LogP) is 2.46. The zero-order chi connectivity index (χ0) is 21.8. The Balaban J connectivity index is 0.000000239. The Bertz CT molecular complexity index is 1280. The van der Waals surface area contributed by atoms with E-state index in [1.54, 1.807) is 18.3 Å². The van der Waals surface area contributed by atoms with E-state index in [0.29, 0.717) is 5.56 Å². The minimum absolute atomic E-state index is 0.0872. The number of aromatic hydroxyl groups is 4. The van der Waals surface area contributed by atoms with Gasteiger partial charge in [-0.15, -0.1) is 0 Å². The topological polar surface area (TPSA) is 167 Å². The van der Waals surface area contributed by atoms with Crippen molar-refractivity contribution in [3.63, 3.8) is 0 Å². The van der Waals surface area contributed by atoms with Gasteiger partial charge in [-0.3, -0.25) is 14.6 Å². The van der Waals surface area contributed by atoms with Crippen LogP contribution in [0.1, 0.15) is 10.4 Å². The van der Waals surface area contributed by atoms with Crippen LogP contribution in [0.2, 0.25) is 0 Å². The van der Waals surface area contributed by atoms with Crippen LogP contribution in [-0.2, 0) is 0 Å². The standard InChI is InChI=1S/C15H10O6.C6H6N2O/c16-8-2-3-9-12(6-8)21-15(14(20)13(9)19)7-1-4-10(17)11(18)5-7;7-6(9)5-2-1-3-8-4-5/h1-6,16-18,20H;1-4H,(H2,7,9). The normalized spacial score (nSPS) is 10.3. The third-order valence-corrected chi connectivity index (χ3v) is 4.04. The van der Waals surface area contributed by atoms with Gasteiger partial charge in [0.2, 0.25) is 17.1 Å². The highest BCUT2D eigenvalue weighted by molar-refractivity contribution is 5.92. The molecule has 9 nitrogen and oxygen atoms in total. The highest BCUT2D eigenvalue weighted by Gasteiger charge is 2.16. The van der Waals surface area contributed by atoms with Gasteiger partial charge >= 0.3 is 0 Å². The molecule has 4 aromatic rings. The van der Waals surface area contributed by atoms with Crippen molar-refractivity contribution in [3.05, 3.63) is 76.7 Å². The van der Waals surface area contributed by atoms with E-state index >= 15 is 0 Å². The number of carbonyl (C=O) groups is 1. The van der Waals surface area contributed by atoms with E-state index < -0.39 is 22.8 Å².